The molecule has 2 heterocycles. The van der Waals surface area contributed by atoms with Gasteiger partial charge in [0.2, 0.25) is 11.8 Å². The molecule has 5 aliphatic rings. The van der Waals surface area contributed by atoms with E-state index in [2.05, 4.69) is 5.32 Å². The van der Waals surface area contributed by atoms with Crippen LogP contribution in [0.4, 0.5) is 26.7 Å². The Bertz CT molecular complexity index is 2780. The Morgan fingerprint density at radius 2 is 1.18 bits per heavy atom. The van der Waals surface area contributed by atoms with Crippen molar-refractivity contribution in [1.29, 1.82) is 0 Å². The minimum atomic E-state index is -4.94. The third-order valence-electron chi connectivity index (χ3n) is 13.5. The highest BCUT2D eigenvalue weighted by atomic mass is 35.5. The predicted molar refractivity (Wildman–Crippen MR) is 248 cm³/mol. The van der Waals surface area contributed by atoms with E-state index in [4.69, 9.17) is 37.2 Å². The molecule has 340 valence electrons. The maximum Gasteiger partial charge on any atom is 0.524 e. The number of nitrogens with zero attached hydrogens (tertiary/aromatic N) is 4. The zero-order chi connectivity index (χ0) is 46.0. The molecule has 0 spiro atoms. The Balaban J connectivity index is 0.899. The average molecular weight is 945 g/mol. The van der Waals surface area contributed by atoms with Crippen LogP contribution >= 0.6 is 31.0 Å². The molecule has 3 aliphatic carbocycles. The number of fused-ring (bicyclic) bond motifs is 6. The van der Waals surface area contributed by atoms with Crippen LogP contribution in [0.5, 0.6) is 11.5 Å². The number of hydrogen-bond donors (Lipinski definition) is 3. The van der Waals surface area contributed by atoms with Crippen molar-refractivity contribution in [2.45, 2.75) is 37.7 Å². The van der Waals surface area contributed by atoms with Gasteiger partial charge in [-0.05, 0) is 58.9 Å². The number of ether oxygens (including phenoxy) is 2. The molecule has 3 fully saturated rings. The van der Waals surface area contributed by atoms with Crippen LogP contribution in [0.2, 0.25) is 0 Å². The number of benzene rings is 5. The van der Waals surface area contributed by atoms with Crippen molar-refractivity contribution < 1.29 is 47.5 Å². The summed E-state index contributed by atoms with van der Waals surface area (Å²) in [6.07, 6.45) is -0.195. The first-order valence-electron chi connectivity index (χ1n) is 21.3. The SMILES string of the molecule is CNc1ccc(COC(=O)N(C)CCN(C)C(=O)Oc2cc3c(c4ccccc24)[C@H](CCl)CN3C(=O)C23CC(C(=O)N4C[C@@H](CCl)c5c4cc(OP(=O)(O)O)c4ccccc54)(C2)C3)cc1. The number of alkyl halides is 2. The van der Waals surface area contributed by atoms with Gasteiger partial charge < -0.3 is 38.9 Å². The lowest BCUT2D eigenvalue weighted by Gasteiger charge is -2.69. The van der Waals surface area contributed by atoms with Crippen LogP contribution in [-0.2, 0) is 25.5 Å². The van der Waals surface area contributed by atoms with E-state index in [0.717, 1.165) is 27.8 Å². The molecule has 18 heteroatoms. The molecule has 2 bridgehead atoms. The fourth-order valence-electron chi connectivity index (χ4n) is 10.2. The highest BCUT2D eigenvalue weighted by Gasteiger charge is 2.76. The molecule has 2 atom stereocenters. The molecule has 4 amide bonds. The second-order valence-electron chi connectivity index (χ2n) is 17.6. The Morgan fingerprint density at radius 1 is 0.723 bits per heavy atom. The molecular formula is C47H48Cl2N5O10P. The van der Waals surface area contributed by atoms with Crippen LogP contribution in [0.15, 0.2) is 84.9 Å². The molecule has 15 nitrogen and oxygen atoms in total. The molecule has 0 unspecified atom stereocenters. The number of anilines is 3. The Labute approximate surface area is 385 Å². The summed E-state index contributed by atoms with van der Waals surface area (Å²) in [6.45, 7) is 1.03. The summed E-state index contributed by atoms with van der Waals surface area (Å²) < 4.78 is 28.6. The molecule has 5 aromatic rings. The first kappa shape index (κ1) is 44.6. The fourth-order valence-corrected chi connectivity index (χ4v) is 11.2. The summed E-state index contributed by atoms with van der Waals surface area (Å²) in [5.74, 6) is -0.0367. The van der Waals surface area contributed by atoms with E-state index in [0.29, 0.717) is 53.3 Å². The van der Waals surface area contributed by atoms with E-state index in [1.165, 1.54) is 15.9 Å². The number of rotatable bonds is 13. The highest BCUT2D eigenvalue weighted by molar-refractivity contribution is 7.46. The van der Waals surface area contributed by atoms with Crippen LogP contribution in [0.1, 0.15) is 47.8 Å². The van der Waals surface area contributed by atoms with Gasteiger partial charge in [-0.25, -0.2) is 14.2 Å². The van der Waals surface area contributed by atoms with Gasteiger partial charge in [-0.2, -0.15) is 0 Å². The van der Waals surface area contributed by atoms with Gasteiger partial charge in [0, 0.05) is 99.5 Å². The topological polar surface area (TPSA) is 178 Å². The smallest absolute Gasteiger partial charge is 0.445 e. The third kappa shape index (κ3) is 7.90. The molecule has 0 radical (unpaired) electrons. The quantitative estimate of drug-likeness (QED) is 0.0763. The van der Waals surface area contributed by atoms with Crippen molar-refractivity contribution in [3.05, 3.63) is 102 Å². The Morgan fingerprint density at radius 3 is 1.66 bits per heavy atom. The summed E-state index contributed by atoms with van der Waals surface area (Å²) >= 11 is 13.1. The maximum absolute atomic E-state index is 14.7. The molecule has 5 aromatic carbocycles. The van der Waals surface area contributed by atoms with Crippen molar-refractivity contribution in [3.63, 3.8) is 0 Å². The molecule has 2 aliphatic heterocycles. The van der Waals surface area contributed by atoms with Crippen molar-refractivity contribution in [2.75, 3.05) is 74.2 Å². The lowest BCUT2D eigenvalue weighted by molar-refractivity contribution is -0.204. The molecule has 3 saturated carbocycles. The van der Waals surface area contributed by atoms with Gasteiger partial charge in [0.1, 0.15) is 18.1 Å². The van der Waals surface area contributed by atoms with Gasteiger partial charge in [0.15, 0.2) is 0 Å². The van der Waals surface area contributed by atoms with Crippen LogP contribution in [0.3, 0.4) is 0 Å². The minimum Gasteiger partial charge on any atom is -0.445 e. The average Bonchev–Trinajstić information content (AvgIpc) is 3.84. The summed E-state index contributed by atoms with van der Waals surface area (Å²) in [6, 6.07) is 25.4. The third-order valence-corrected chi connectivity index (χ3v) is 14.7. The second-order valence-corrected chi connectivity index (χ2v) is 19.4. The van der Waals surface area contributed by atoms with Crippen LogP contribution in [0, 0.1) is 10.8 Å². The van der Waals surface area contributed by atoms with Crippen molar-refractivity contribution in [1.82, 2.24) is 9.80 Å². The molecular weight excluding hydrogens is 896 g/mol. The number of carbonyl (C=O) groups is 4. The highest BCUT2D eigenvalue weighted by Crippen LogP contribution is 2.75. The maximum atomic E-state index is 14.7. The van der Waals surface area contributed by atoms with Gasteiger partial charge in [-0.3, -0.25) is 19.4 Å². The number of nitrogens with one attached hydrogen (secondary N) is 1. The summed E-state index contributed by atoms with van der Waals surface area (Å²) in [4.78, 5) is 81.2. The van der Waals surface area contributed by atoms with Gasteiger partial charge in [0.05, 0.1) is 22.2 Å². The number of carbonyl (C=O) groups excluding carboxylic acids is 4. The van der Waals surface area contributed by atoms with Crippen molar-refractivity contribution >= 4 is 93.6 Å². The van der Waals surface area contributed by atoms with Gasteiger partial charge in [0.25, 0.3) is 0 Å². The normalized spacial score (nSPS) is 21.5. The van der Waals surface area contributed by atoms with E-state index >= 15 is 0 Å². The second kappa shape index (κ2) is 17.0. The first-order valence-corrected chi connectivity index (χ1v) is 23.9. The molecule has 0 saturated heterocycles. The van der Waals surface area contributed by atoms with Crippen LogP contribution in [0.25, 0.3) is 21.5 Å². The van der Waals surface area contributed by atoms with Crippen molar-refractivity contribution in [3.8, 4) is 11.5 Å². The zero-order valence-corrected chi connectivity index (χ0v) is 38.4. The van der Waals surface area contributed by atoms with E-state index in [1.807, 2.05) is 67.7 Å². The van der Waals surface area contributed by atoms with Crippen molar-refractivity contribution in [2.24, 2.45) is 10.8 Å². The molecule has 65 heavy (non-hydrogen) atoms. The van der Waals surface area contributed by atoms with Gasteiger partial charge in [-0.1, -0.05) is 60.7 Å². The summed E-state index contributed by atoms with van der Waals surface area (Å²) in [5.41, 5.74) is 2.98. The van der Waals surface area contributed by atoms with E-state index in [9.17, 15) is 33.5 Å². The Kier molecular flexibility index (Phi) is 11.7. The lowest BCUT2D eigenvalue weighted by atomic mass is 9.34. The number of halogens is 2. The Hall–Kier alpha value is -5.57. The van der Waals surface area contributed by atoms with Gasteiger partial charge in [-0.15, -0.1) is 23.2 Å². The molecule has 10 rings (SSSR count). The largest absolute Gasteiger partial charge is 0.524 e. The molecule has 3 N–H and O–H groups in total. The number of amides is 4. The predicted octanol–water partition coefficient (Wildman–Crippen LogP) is 8.41. The standard InChI is InChI=1S/C47H48Cl2N5O10P/c1-50-31-14-12-28(13-15-31)24-62-44(57)51(2)16-17-52(3)45(58)63-38-18-36-40(34-10-6-4-8-32(34)38)29(20-48)22-53(36)42(55)46-25-47(26-46,27-46)43(56)54-23-30(21-49)41-35-11-7-5-9-33(35)39(19-37(41)54)64-65(59,60)61/h4-15,18-19,29-30,50H,16-17,20-27H2,1-3H3,(H2,59,60,61)/t29-,30-,46?,47?/m1/s1. The number of phosphoric ester groups is 1. The first-order chi connectivity index (χ1) is 31.1. The summed E-state index contributed by atoms with van der Waals surface area (Å²) in [5, 5.41) is 5.72. The van der Waals surface area contributed by atoms with Crippen LogP contribution < -0.4 is 24.4 Å². The van der Waals surface area contributed by atoms with E-state index in [-0.39, 0.29) is 73.2 Å². The summed E-state index contributed by atoms with van der Waals surface area (Å²) in [7, 11) is 0.0574. The zero-order valence-electron chi connectivity index (χ0n) is 36.0. The lowest BCUT2D eigenvalue weighted by Crippen LogP contribution is -2.73. The van der Waals surface area contributed by atoms with E-state index in [1.54, 1.807) is 42.1 Å². The number of hydrogen-bond acceptors (Lipinski definition) is 9. The number of likely N-dealkylation sites (N-methyl/N-ethyl adjacent to an activating group) is 2. The molecule has 0 aromatic heterocycles. The number of phosphoric acid groups is 1. The minimum absolute atomic E-state index is 0.0381. The monoisotopic (exact) mass is 943 g/mol. The van der Waals surface area contributed by atoms with Crippen LogP contribution in [-0.4, -0.2) is 103 Å². The fraction of sp³-hybridized carbons (Fsp3) is 0.362. The van der Waals surface area contributed by atoms with Gasteiger partial charge >= 0.3 is 20.0 Å². The van der Waals surface area contributed by atoms with E-state index < -0.39 is 30.8 Å².